The van der Waals surface area contributed by atoms with Gasteiger partial charge in [-0.05, 0) is 18.4 Å². The fraction of sp³-hybridized carbons (Fsp3) is 0.500. The van der Waals surface area contributed by atoms with E-state index in [1.165, 1.54) is 11.3 Å². The van der Waals surface area contributed by atoms with Crippen molar-refractivity contribution >= 4 is 33.2 Å². The van der Waals surface area contributed by atoms with Gasteiger partial charge in [0.2, 0.25) is 10.0 Å². The Bertz CT molecular complexity index is 618. The molecule has 1 aliphatic rings. The molecule has 1 fully saturated rings. The molecule has 1 amide bonds. The van der Waals surface area contributed by atoms with Crippen molar-refractivity contribution in [1.82, 2.24) is 9.21 Å². The number of hydrogen-bond donors (Lipinski definition) is 1. The van der Waals surface area contributed by atoms with Gasteiger partial charge in [0, 0.05) is 31.6 Å². The van der Waals surface area contributed by atoms with E-state index >= 15 is 0 Å². The second kappa shape index (κ2) is 6.12. The zero-order valence-electron chi connectivity index (χ0n) is 11.4. The third kappa shape index (κ3) is 3.25. The Kier molecular flexibility index (Phi) is 4.64. The predicted octanol–water partition coefficient (Wildman–Crippen LogP) is 0.309. The monoisotopic (exact) mass is 332 g/mol. The van der Waals surface area contributed by atoms with Crippen LogP contribution in [0.15, 0.2) is 16.8 Å². The minimum atomic E-state index is -3.87. The van der Waals surface area contributed by atoms with Crippen LogP contribution < -0.4 is 0 Å². The number of thiophene rings is 1. The molecule has 1 aliphatic heterocycles. The highest BCUT2D eigenvalue weighted by Gasteiger charge is 2.36. The van der Waals surface area contributed by atoms with Gasteiger partial charge in [0.05, 0.1) is 5.56 Å². The molecule has 1 aromatic rings. The summed E-state index contributed by atoms with van der Waals surface area (Å²) in [4.78, 5) is 24.6. The largest absolute Gasteiger partial charge is 0.480 e. The van der Waals surface area contributed by atoms with Crippen molar-refractivity contribution in [3.8, 4) is 0 Å². The Hall–Kier alpha value is -1.45. The van der Waals surface area contributed by atoms with Crippen molar-refractivity contribution in [2.45, 2.75) is 12.2 Å². The first-order chi connectivity index (χ1) is 9.84. The molecule has 0 spiro atoms. The van der Waals surface area contributed by atoms with Crippen molar-refractivity contribution in [2.24, 2.45) is 0 Å². The first-order valence-corrected chi connectivity index (χ1v) is 8.82. The molecule has 1 unspecified atom stereocenters. The lowest BCUT2D eigenvalue weighted by Crippen LogP contribution is -2.53. The SMILES string of the molecule is CC(C(=O)O)S(=O)(=O)N1CCN(C(=O)c2ccsc2)CC1. The van der Waals surface area contributed by atoms with Crippen molar-refractivity contribution in [2.75, 3.05) is 26.2 Å². The molecule has 0 aromatic carbocycles. The van der Waals surface area contributed by atoms with Crippen LogP contribution in [0.1, 0.15) is 17.3 Å². The lowest BCUT2D eigenvalue weighted by Gasteiger charge is -2.34. The van der Waals surface area contributed by atoms with E-state index in [2.05, 4.69) is 0 Å². The summed E-state index contributed by atoms with van der Waals surface area (Å²) in [6.07, 6.45) is 0. The second-order valence-electron chi connectivity index (χ2n) is 4.73. The molecule has 0 radical (unpaired) electrons. The van der Waals surface area contributed by atoms with E-state index in [9.17, 15) is 18.0 Å². The highest BCUT2D eigenvalue weighted by Crippen LogP contribution is 2.16. The van der Waals surface area contributed by atoms with Crippen molar-refractivity contribution in [3.05, 3.63) is 22.4 Å². The Balaban J connectivity index is 2.01. The number of carboxylic acids is 1. The molecule has 1 N–H and O–H groups in total. The molecule has 1 saturated heterocycles. The van der Waals surface area contributed by atoms with Crippen LogP contribution in [0.25, 0.3) is 0 Å². The van der Waals surface area contributed by atoms with Gasteiger partial charge in [0.15, 0.2) is 5.25 Å². The van der Waals surface area contributed by atoms with Gasteiger partial charge in [0.1, 0.15) is 0 Å². The highest BCUT2D eigenvalue weighted by atomic mass is 32.2. The minimum Gasteiger partial charge on any atom is -0.480 e. The molecule has 0 saturated carbocycles. The van der Waals surface area contributed by atoms with Crippen LogP contribution >= 0.6 is 11.3 Å². The molecule has 7 nitrogen and oxygen atoms in total. The molecule has 0 aliphatic carbocycles. The van der Waals surface area contributed by atoms with Gasteiger partial charge in [-0.1, -0.05) is 0 Å². The number of amides is 1. The van der Waals surface area contributed by atoms with Crippen molar-refractivity contribution in [1.29, 1.82) is 0 Å². The number of sulfonamides is 1. The Morgan fingerprint density at radius 1 is 1.29 bits per heavy atom. The summed E-state index contributed by atoms with van der Waals surface area (Å²) in [6, 6.07) is 1.72. The van der Waals surface area contributed by atoms with Crippen LogP contribution in [0.3, 0.4) is 0 Å². The first kappa shape index (κ1) is 15.9. The number of nitrogens with zero attached hydrogens (tertiary/aromatic N) is 2. The smallest absolute Gasteiger partial charge is 0.323 e. The van der Waals surface area contributed by atoms with Gasteiger partial charge < -0.3 is 10.0 Å². The third-order valence-electron chi connectivity index (χ3n) is 3.45. The number of piperazine rings is 1. The first-order valence-electron chi connectivity index (χ1n) is 6.37. The molecule has 9 heteroatoms. The number of rotatable bonds is 4. The van der Waals surface area contributed by atoms with E-state index in [0.717, 1.165) is 11.2 Å². The lowest BCUT2D eigenvalue weighted by atomic mass is 10.2. The van der Waals surface area contributed by atoms with E-state index in [0.29, 0.717) is 5.56 Å². The Labute approximate surface area is 126 Å². The number of aliphatic carboxylic acids is 1. The van der Waals surface area contributed by atoms with Gasteiger partial charge in [-0.15, -0.1) is 0 Å². The predicted molar refractivity (Wildman–Crippen MR) is 77.8 cm³/mol. The van der Waals surface area contributed by atoms with Crippen LogP contribution in [0.2, 0.25) is 0 Å². The molecule has 2 rings (SSSR count). The highest BCUT2D eigenvalue weighted by molar-refractivity contribution is 7.90. The maximum absolute atomic E-state index is 12.1. The summed E-state index contributed by atoms with van der Waals surface area (Å²) >= 11 is 1.42. The van der Waals surface area contributed by atoms with Crippen LogP contribution in [-0.4, -0.2) is 66.0 Å². The Morgan fingerprint density at radius 3 is 2.38 bits per heavy atom. The molecular formula is C12H16N2O5S2. The Morgan fingerprint density at radius 2 is 1.90 bits per heavy atom. The average molecular weight is 332 g/mol. The fourth-order valence-electron chi connectivity index (χ4n) is 2.07. The summed E-state index contributed by atoms with van der Waals surface area (Å²) < 4.78 is 25.3. The quantitative estimate of drug-likeness (QED) is 0.856. The standard InChI is InChI=1S/C12H16N2O5S2/c1-9(12(16)17)21(18,19)14-5-3-13(4-6-14)11(15)10-2-7-20-8-10/h2,7-9H,3-6H2,1H3,(H,16,17). The normalized spacial score (nSPS) is 18.4. The van der Waals surface area contributed by atoms with Gasteiger partial charge in [-0.25, -0.2) is 8.42 Å². The molecular weight excluding hydrogens is 316 g/mol. The van der Waals surface area contributed by atoms with E-state index in [1.807, 2.05) is 5.38 Å². The minimum absolute atomic E-state index is 0.121. The van der Waals surface area contributed by atoms with Crippen molar-refractivity contribution in [3.63, 3.8) is 0 Å². The van der Waals surface area contributed by atoms with Gasteiger partial charge in [-0.3, -0.25) is 9.59 Å². The number of carboxylic acid groups (broad SMARTS) is 1. The number of hydrogen-bond acceptors (Lipinski definition) is 5. The third-order valence-corrected chi connectivity index (χ3v) is 6.31. The molecule has 2 heterocycles. The summed E-state index contributed by atoms with van der Waals surface area (Å²) in [5.74, 6) is -1.49. The summed E-state index contributed by atoms with van der Waals surface area (Å²) in [5.41, 5.74) is 0.593. The zero-order valence-corrected chi connectivity index (χ0v) is 13.1. The van der Waals surface area contributed by atoms with Crippen molar-refractivity contribution < 1.29 is 23.1 Å². The zero-order chi connectivity index (χ0) is 15.6. The summed E-state index contributed by atoms with van der Waals surface area (Å²) in [5, 5.41) is 10.9. The maximum Gasteiger partial charge on any atom is 0.323 e. The second-order valence-corrected chi connectivity index (χ2v) is 7.76. The average Bonchev–Trinajstić information content (AvgIpc) is 2.99. The van der Waals surface area contributed by atoms with E-state index in [4.69, 9.17) is 5.11 Å². The molecule has 21 heavy (non-hydrogen) atoms. The fourth-order valence-corrected chi connectivity index (χ4v) is 4.07. The maximum atomic E-state index is 12.1. The topological polar surface area (TPSA) is 95.0 Å². The molecule has 1 aromatic heterocycles. The molecule has 116 valence electrons. The summed E-state index contributed by atoms with van der Waals surface area (Å²) in [7, 11) is -3.87. The van der Waals surface area contributed by atoms with Gasteiger partial charge in [0.25, 0.3) is 5.91 Å². The van der Waals surface area contributed by atoms with E-state index < -0.39 is 21.2 Å². The number of carbonyl (C=O) groups excluding carboxylic acids is 1. The molecule has 1 atom stereocenters. The summed E-state index contributed by atoms with van der Waals surface area (Å²) in [6.45, 7) is 1.92. The van der Waals surface area contributed by atoms with Crippen LogP contribution in [0.5, 0.6) is 0 Å². The molecule has 0 bridgehead atoms. The van der Waals surface area contributed by atoms with Crippen LogP contribution in [0, 0.1) is 0 Å². The van der Waals surface area contributed by atoms with E-state index in [-0.39, 0.29) is 32.1 Å². The van der Waals surface area contributed by atoms with Crippen LogP contribution in [0.4, 0.5) is 0 Å². The van der Waals surface area contributed by atoms with Gasteiger partial charge in [-0.2, -0.15) is 15.6 Å². The van der Waals surface area contributed by atoms with Gasteiger partial charge >= 0.3 is 5.97 Å². The number of carbonyl (C=O) groups is 2. The van der Waals surface area contributed by atoms with Crippen LogP contribution in [-0.2, 0) is 14.8 Å². The lowest BCUT2D eigenvalue weighted by molar-refractivity contribution is -0.136. The van der Waals surface area contributed by atoms with E-state index in [1.54, 1.807) is 16.3 Å².